The highest BCUT2D eigenvalue weighted by Gasteiger charge is 2.10. The standard InChI is InChI=1S/C19H23N5O/c1-15(2)11-12-20-14-16-7-6-10-18(13-16)25-19-21-22-23-24(19)17-8-4-3-5-9-17/h3-10,13,15,20H,11-12,14H2,1-2H3. The number of aromatic nitrogens is 4. The maximum Gasteiger partial charge on any atom is 0.345 e. The number of nitrogens with one attached hydrogen (secondary N) is 1. The Morgan fingerprint density at radius 2 is 1.92 bits per heavy atom. The molecule has 1 aromatic heterocycles. The normalized spacial score (nSPS) is 11.0. The van der Waals surface area contributed by atoms with Crippen molar-refractivity contribution in [2.45, 2.75) is 26.8 Å². The van der Waals surface area contributed by atoms with E-state index in [1.54, 1.807) is 4.68 Å². The largest absolute Gasteiger partial charge is 0.423 e. The second kappa shape index (κ2) is 8.39. The molecule has 0 spiro atoms. The van der Waals surface area contributed by atoms with Gasteiger partial charge in [-0.15, -0.1) is 0 Å². The van der Waals surface area contributed by atoms with Gasteiger partial charge >= 0.3 is 6.01 Å². The Labute approximate surface area is 147 Å². The Morgan fingerprint density at radius 1 is 1.08 bits per heavy atom. The predicted octanol–water partition coefficient (Wildman–Crippen LogP) is 3.59. The van der Waals surface area contributed by atoms with Crippen molar-refractivity contribution in [2.24, 2.45) is 5.92 Å². The summed E-state index contributed by atoms with van der Waals surface area (Å²) >= 11 is 0. The van der Waals surface area contributed by atoms with Gasteiger partial charge in [0.05, 0.1) is 5.69 Å². The van der Waals surface area contributed by atoms with E-state index in [0.29, 0.717) is 11.9 Å². The molecule has 0 saturated carbocycles. The van der Waals surface area contributed by atoms with Crippen molar-refractivity contribution in [2.75, 3.05) is 6.54 Å². The molecule has 130 valence electrons. The number of hydrogen-bond acceptors (Lipinski definition) is 5. The zero-order valence-corrected chi connectivity index (χ0v) is 14.6. The summed E-state index contributed by atoms with van der Waals surface area (Å²) in [5, 5.41) is 15.2. The van der Waals surface area contributed by atoms with Crippen LogP contribution in [0.5, 0.6) is 11.8 Å². The molecular weight excluding hydrogens is 314 g/mol. The van der Waals surface area contributed by atoms with Crippen molar-refractivity contribution in [1.29, 1.82) is 0 Å². The van der Waals surface area contributed by atoms with E-state index in [-0.39, 0.29) is 0 Å². The molecule has 1 N–H and O–H groups in total. The Hall–Kier alpha value is -2.73. The Balaban J connectivity index is 1.66. The molecule has 0 amide bonds. The third kappa shape index (κ3) is 4.87. The minimum Gasteiger partial charge on any atom is -0.423 e. The van der Waals surface area contributed by atoms with Crippen LogP contribution >= 0.6 is 0 Å². The molecule has 25 heavy (non-hydrogen) atoms. The number of rotatable bonds is 8. The summed E-state index contributed by atoms with van der Waals surface area (Å²) in [6.07, 6.45) is 1.17. The van der Waals surface area contributed by atoms with E-state index in [9.17, 15) is 0 Å². The molecule has 0 atom stereocenters. The molecular formula is C19H23N5O. The maximum absolute atomic E-state index is 5.89. The minimum atomic E-state index is 0.344. The number of nitrogens with zero attached hydrogens (tertiary/aromatic N) is 4. The van der Waals surface area contributed by atoms with E-state index in [0.717, 1.165) is 24.5 Å². The van der Waals surface area contributed by atoms with Crippen LogP contribution in [-0.4, -0.2) is 26.8 Å². The van der Waals surface area contributed by atoms with Crippen LogP contribution in [-0.2, 0) is 6.54 Å². The van der Waals surface area contributed by atoms with Crippen LogP contribution in [0.2, 0.25) is 0 Å². The molecule has 6 nitrogen and oxygen atoms in total. The molecule has 0 aliphatic rings. The summed E-state index contributed by atoms with van der Waals surface area (Å²) in [5.74, 6) is 1.43. The zero-order chi connectivity index (χ0) is 17.5. The van der Waals surface area contributed by atoms with E-state index in [4.69, 9.17) is 4.74 Å². The minimum absolute atomic E-state index is 0.344. The van der Waals surface area contributed by atoms with Crippen LogP contribution in [0.4, 0.5) is 0 Å². The van der Waals surface area contributed by atoms with Crippen molar-refractivity contribution < 1.29 is 4.74 Å². The number of ether oxygens (including phenoxy) is 1. The highest BCUT2D eigenvalue weighted by Crippen LogP contribution is 2.22. The highest BCUT2D eigenvalue weighted by atomic mass is 16.5. The van der Waals surface area contributed by atoms with Gasteiger partial charge in [-0.25, -0.2) is 0 Å². The first-order chi connectivity index (χ1) is 12.2. The van der Waals surface area contributed by atoms with Gasteiger partial charge in [-0.3, -0.25) is 0 Å². The summed E-state index contributed by atoms with van der Waals surface area (Å²) in [6, 6.07) is 18.0. The van der Waals surface area contributed by atoms with Gasteiger partial charge in [0.2, 0.25) is 0 Å². The monoisotopic (exact) mass is 337 g/mol. The lowest BCUT2D eigenvalue weighted by atomic mass is 10.1. The summed E-state index contributed by atoms with van der Waals surface area (Å²) in [7, 11) is 0. The molecule has 2 aromatic carbocycles. The van der Waals surface area contributed by atoms with Crippen LogP contribution < -0.4 is 10.1 Å². The Morgan fingerprint density at radius 3 is 2.72 bits per heavy atom. The van der Waals surface area contributed by atoms with Crippen LogP contribution in [0.1, 0.15) is 25.8 Å². The molecule has 0 unspecified atom stereocenters. The smallest absolute Gasteiger partial charge is 0.345 e. The number of para-hydroxylation sites is 1. The lowest BCUT2D eigenvalue weighted by Crippen LogP contribution is -2.16. The van der Waals surface area contributed by atoms with E-state index in [1.165, 1.54) is 12.0 Å². The van der Waals surface area contributed by atoms with E-state index in [1.807, 2.05) is 48.5 Å². The van der Waals surface area contributed by atoms with Crippen LogP contribution in [0.25, 0.3) is 5.69 Å². The summed E-state index contributed by atoms with van der Waals surface area (Å²) in [5.41, 5.74) is 2.02. The topological polar surface area (TPSA) is 64.9 Å². The first kappa shape index (κ1) is 17.1. The second-order valence-corrected chi connectivity index (χ2v) is 6.32. The summed E-state index contributed by atoms with van der Waals surface area (Å²) < 4.78 is 7.47. The number of hydrogen-bond donors (Lipinski definition) is 1. The summed E-state index contributed by atoms with van der Waals surface area (Å²) in [6.45, 7) is 6.28. The highest BCUT2D eigenvalue weighted by molar-refractivity contribution is 5.34. The Kier molecular flexibility index (Phi) is 5.74. The lowest BCUT2D eigenvalue weighted by Gasteiger charge is -2.09. The van der Waals surface area contributed by atoms with Gasteiger partial charge in [0.15, 0.2) is 0 Å². The molecule has 3 aromatic rings. The fourth-order valence-electron chi connectivity index (χ4n) is 2.42. The number of benzene rings is 2. The van der Waals surface area contributed by atoms with Crippen LogP contribution in [0.3, 0.4) is 0 Å². The third-order valence-electron chi connectivity index (χ3n) is 3.78. The van der Waals surface area contributed by atoms with Crippen molar-refractivity contribution in [3.8, 4) is 17.4 Å². The number of tetrazole rings is 1. The Bertz CT molecular complexity index is 785. The van der Waals surface area contributed by atoms with Crippen molar-refractivity contribution in [1.82, 2.24) is 25.5 Å². The predicted molar refractivity (Wildman–Crippen MR) is 96.8 cm³/mol. The lowest BCUT2D eigenvalue weighted by molar-refractivity contribution is 0.426. The quantitative estimate of drug-likeness (QED) is 0.636. The fourth-order valence-corrected chi connectivity index (χ4v) is 2.42. The molecule has 0 bridgehead atoms. The molecule has 0 fully saturated rings. The molecule has 1 heterocycles. The van der Waals surface area contributed by atoms with Gasteiger partial charge in [0.1, 0.15) is 5.75 Å². The molecule has 6 heteroatoms. The molecule has 3 rings (SSSR count). The second-order valence-electron chi connectivity index (χ2n) is 6.32. The van der Waals surface area contributed by atoms with E-state index in [2.05, 4.69) is 40.8 Å². The van der Waals surface area contributed by atoms with Gasteiger partial charge in [0, 0.05) is 6.54 Å². The van der Waals surface area contributed by atoms with Crippen LogP contribution in [0, 0.1) is 5.92 Å². The van der Waals surface area contributed by atoms with Crippen molar-refractivity contribution in [3.05, 3.63) is 60.2 Å². The third-order valence-corrected chi connectivity index (χ3v) is 3.78. The average Bonchev–Trinajstić information content (AvgIpc) is 3.08. The molecule has 0 aliphatic carbocycles. The van der Waals surface area contributed by atoms with Crippen LogP contribution in [0.15, 0.2) is 54.6 Å². The first-order valence-electron chi connectivity index (χ1n) is 8.53. The van der Waals surface area contributed by atoms with Gasteiger partial charge in [-0.1, -0.05) is 49.3 Å². The van der Waals surface area contributed by atoms with Gasteiger partial charge in [-0.05, 0) is 59.1 Å². The van der Waals surface area contributed by atoms with Gasteiger partial charge in [-0.2, -0.15) is 4.68 Å². The summed E-state index contributed by atoms with van der Waals surface area (Å²) in [4.78, 5) is 0. The first-order valence-corrected chi connectivity index (χ1v) is 8.53. The van der Waals surface area contributed by atoms with Gasteiger partial charge in [0.25, 0.3) is 0 Å². The molecule has 0 saturated heterocycles. The fraction of sp³-hybridized carbons (Fsp3) is 0.316. The van der Waals surface area contributed by atoms with Gasteiger partial charge < -0.3 is 10.1 Å². The van der Waals surface area contributed by atoms with Crippen molar-refractivity contribution in [3.63, 3.8) is 0 Å². The SMILES string of the molecule is CC(C)CCNCc1cccc(Oc2nnnn2-c2ccccc2)c1. The van der Waals surface area contributed by atoms with E-state index < -0.39 is 0 Å². The molecule has 0 radical (unpaired) electrons. The molecule has 0 aliphatic heterocycles. The zero-order valence-electron chi connectivity index (χ0n) is 14.6. The maximum atomic E-state index is 5.89. The average molecular weight is 337 g/mol. The van der Waals surface area contributed by atoms with E-state index >= 15 is 0 Å². The van der Waals surface area contributed by atoms with Crippen molar-refractivity contribution >= 4 is 0 Å².